The third kappa shape index (κ3) is 18.2. The zero-order valence-electron chi connectivity index (χ0n) is 6.75. The fourth-order valence-electron chi connectivity index (χ4n) is 0. The van der Waals surface area contributed by atoms with Gasteiger partial charge in [0.1, 0.15) is 6.10 Å². The average molecular weight is 394 g/mol. The first kappa shape index (κ1) is 19.8. The summed E-state index contributed by atoms with van der Waals surface area (Å²) < 4.78 is 74.1. The molecule has 1 atom stereocenters. The molecule has 0 aliphatic heterocycles. The van der Waals surface area contributed by atoms with Crippen molar-refractivity contribution in [3.05, 3.63) is 6.67 Å². The average Bonchev–Trinajstić information content (AvgIpc) is 1.85. The molecule has 0 spiro atoms. The van der Waals surface area contributed by atoms with Crippen LogP contribution in [-0.2, 0) is 25.8 Å². The van der Waals surface area contributed by atoms with Crippen LogP contribution in [0.3, 0.4) is 0 Å². The SMILES string of the molecule is CC(O)C(F)(F)F.F[CH-]C(F)(F)F.[Hf]. The summed E-state index contributed by atoms with van der Waals surface area (Å²) in [5.74, 6) is 0. The summed E-state index contributed by atoms with van der Waals surface area (Å²) in [6.45, 7) is -0.632. The Morgan fingerprint density at radius 3 is 1.21 bits per heavy atom. The molecule has 1 N–H and O–H groups in total. The Balaban J connectivity index is -0.000000163. The van der Waals surface area contributed by atoms with Gasteiger partial charge in [0.05, 0.1) is 0 Å². The van der Waals surface area contributed by atoms with Crippen molar-refractivity contribution in [2.24, 2.45) is 0 Å². The summed E-state index contributed by atoms with van der Waals surface area (Å²) in [6.07, 6.45) is -11.4. The number of aliphatic hydroxyl groups is 1. The van der Waals surface area contributed by atoms with Crippen molar-refractivity contribution in [3.63, 3.8) is 0 Å². The minimum absolute atomic E-state index is 0. The molecule has 14 heavy (non-hydrogen) atoms. The van der Waals surface area contributed by atoms with E-state index in [1.54, 1.807) is 0 Å². The van der Waals surface area contributed by atoms with E-state index in [2.05, 4.69) is 0 Å². The molecule has 0 aromatic carbocycles. The van der Waals surface area contributed by atoms with Gasteiger partial charge in [-0.15, -0.1) is 0 Å². The molecule has 0 rings (SSSR count). The first-order chi connectivity index (χ1) is 5.50. The molecule has 0 fully saturated rings. The number of alkyl halides is 6. The van der Waals surface area contributed by atoms with Crippen molar-refractivity contribution in [1.82, 2.24) is 0 Å². The quantitative estimate of drug-likeness (QED) is 0.381. The molecule has 0 amide bonds. The number of hydrogen-bond donors (Lipinski definition) is 1. The molecule has 1 nitrogen and oxygen atoms in total. The van der Waals surface area contributed by atoms with Crippen molar-refractivity contribution >= 4 is 0 Å². The second-order valence-electron chi connectivity index (χ2n) is 1.87. The Hall–Kier alpha value is 0.340. The minimum atomic E-state index is -4.75. The second-order valence-corrected chi connectivity index (χ2v) is 1.87. The Bertz CT molecular complexity index is 129. The zero-order chi connectivity index (χ0) is 11.3. The van der Waals surface area contributed by atoms with Gasteiger partial charge in [-0.25, -0.2) is 13.2 Å². The van der Waals surface area contributed by atoms with Crippen LogP contribution in [0.4, 0.5) is 30.7 Å². The molecule has 0 saturated carbocycles. The number of rotatable bonds is 0. The number of aliphatic hydroxyl groups excluding tert-OH is 1. The topological polar surface area (TPSA) is 20.2 Å². The maximum atomic E-state index is 10.9. The van der Waals surface area contributed by atoms with Crippen LogP contribution in [-0.4, -0.2) is 23.6 Å². The largest absolute Gasteiger partial charge is 0.451 e. The molecular formula is C5H6F7HfO-. The molecule has 1 unspecified atom stereocenters. The van der Waals surface area contributed by atoms with Crippen LogP contribution in [0.25, 0.3) is 0 Å². The van der Waals surface area contributed by atoms with E-state index in [9.17, 15) is 30.7 Å². The van der Waals surface area contributed by atoms with Crippen molar-refractivity contribution in [2.75, 3.05) is 0 Å². The molecule has 0 aromatic rings. The summed E-state index contributed by atoms with van der Waals surface area (Å²) >= 11 is 0. The standard InChI is InChI=1S/C3H5F3O.C2HF4.Hf/c1-2(7)3(4,5)6;3-1-2(4,5)6;/h2,7H,1H3;1H;/q;-1;. The first-order valence-corrected chi connectivity index (χ1v) is 2.77. The van der Waals surface area contributed by atoms with Gasteiger partial charge in [-0.05, 0) is 6.92 Å². The van der Waals surface area contributed by atoms with Gasteiger partial charge < -0.3 is 9.50 Å². The van der Waals surface area contributed by atoms with Gasteiger partial charge in [0.15, 0.2) is 0 Å². The van der Waals surface area contributed by atoms with E-state index in [1.807, 2.05) is 0 Å². The summed E-state index contributed by atoms with van der Waals surface area (Å²) in [7, 11) is 0. The van der Waals surface area contributed by atoms with Crippen molar-refractivity contribution < 1.29 is 61.7 Å². The molecule has 0 saturated heterocycles. The van der Waals surface area contributed by atoms with E-state index in [4.69, 9.17) is 5.11 Å². The second kappa shape index (κ2) is 7.61. The third-order valence-corrected chi connectivity index (χ3v) is 0.597. The third-order valence-electron chi connectivity index (χ3n) is 0.597. The van der Waals surface area contributed by atoms with Crippen LogP contribution in [0.15, 0.2) is 0 Å². The normalized spacial score (nSPS) is 13.5. The summed E-state index contributed by atoms with van der Waals surface area (Å²) in [5.41, 5.74) is 0. The number of halogens is 7. The van der Waals surface area contributed by atoms with E-state index < -0.39 is 25.1 Å². The van der Waals surface area contributed by atoms with E-state index in [0.29, 0.717) is 6.92 Å². The Labute approximate surface area is 94.1 Å². The Morgan fingerprint density at radius 1 is 1.07 bits per heavy atom. The molecule has 0 radical (unpaired) electrons. The van der Waals surface area contributed by atoms with Gasteiger partial charge >= 0.3 is 6.18 Å². The smallest absolute Gasteiger partial charge is 0.414 e. The molecule has 9 heteroatoms. The van der Waals surface area contributed by atoms with Gasteiger partial charge in [0.25, 0.3) is 6.18 Å². The van der Waals surface area contributed by atoms with Gasteiger partial charge in [-0.2, -0.15) is 13.2 Å². The zero-order valence-corrected chi connectivity index (χ0v) is 10.3. The fraction of sp³-hybridized carbons (Fsp3) is 0.800. The maximum Gasteiger partial charge on any atom is 0.414 e. The van der Waals surface area contributed by atoms with Crippen molar-refractivity contribution in [1.29, 1.82) is 0 Å². The van der Waals surface area contributed by atoms with Crippen LogP contribution in [0.1, 0.15) is 6.92 Å². The van der Waals surface area contributed by atoms with Crippen LogP contribution < -0.4 is 0 Å². The van der Waals surface area contributed by atoms with Crippen LogP contribution >= 0.6 is 0 Å². The molecule has 0 aliphatic rings. The van der Waals surface area contributed by atoms with Gasteiger partial charge in [-0.1, -0.05) is 6.67 Å². The van der Waals surface area contributed by atoms with Crippen LogP contribution in [0.2, 0.25) is 0 Å². The molecular weight excluding hydrogens is 388 g/mol. The van der Waals surface area contributed by atoms with E-state index in [-0.39, 0.29) is 25.8 Å². The summed E-state index contributed by atoms with van der Waals surface area (Å²) in [4.78, 5) is 0. The molecule has 0 heterocycles. The number of hydrogen-bond acceptors (Lipinski definition) is 1. The van der Waals surface area contributed by atoms with Crippen LogP contribution in [0, 0.1) is 6.67 Å². The van der Waals surface area contributed by atoms with Gasteiger partial charge in [-0.3, -0.25) is 0 Å². The first-order valence-electron chi connectivity index (χ1n) is 2.77. The Kier molecular flexibility index (Phi) is 10.8. The minimum Gasteiger partial charge on any atom is -0.451 e. The van der Waals surface area contributed by atoms with Gasteiger partial charge in [0.2, 0.25) is 0 Å². The van der Waals surface area contributed by atoms with Crippen molar-refractivity contribution in [3.8, 4) is 0 Å². The molecule has 86 valence electrons. The fourth-order valence-corrected chi connectivity index (χ4v) is 0. The molecule has 0 bridgehead atoms. The van der Waals surface area contributed by atoms with E-state index >= 15 is 0 Å². The monoisotopic (exact) mass is 395 g/mol. The summed E-state index contributed by atoms with van der Waals surface area (Å²) in [5, 5.41) is 7.76. The summed E-state index contributed by atoms with van der Waals surface area (Å²) in [6, 6.07) is 0. The predicted octanol–water partition coefficient (Wildman–Crippen LogP) is 2.61. The predicted molar refractivity (Wildman–Crippen MR) is 29.2 cm³/mol. The Morgan fingerprint density at radius 2 is 1.21 bits per heavy atom. The van der Waals surface area contributed by atoms with E-state index in [0.717, 1.165) is 0 Å². The van der Waals surface area contributed by atoms with E-state index in [1.165, 1.54) is 0 Å². The van der Waals surface area contributed by atoms with Gasteiger partial charge in [0, 0.05) is 25.8 Å². The molecule has 0 aromatic heterocycles. The van der Waals surface area contributed by atoms with Crippen molar-refractivity contribution in [2.45, 2.75) is 25.4 Å². The maximum absolute atomic E-state index is 10.9. The van der Waals surface area contributed by atoms with Crippen LogP contribution in [0.5, 0.6) is 0 Å². The molecule has 0 aliphatic carbocycles.